The summed E-state index contributed by atoms with van der Waals surface area (Å²) in [5.74, 6) is 0.899. The number of aliphatic hydroxyl groups excluding tert-OH is 1. The highest BCUT2D eigenvalue weighted by Crippen LogP contribution is 2.39. The van der Waals surface area contributed by atoms with Crippen LogP contribution < -0.4 is 15.0 Å². The Balaban J connectivity index is 1.75. The molecule has 1 aromatic heterocycles. The summed E-state index contributed by atoms with van der Waals surface area (Å²) in [4.78, 5) is 19.8. The lowest BCUT2D eigenvalue weighted by Crippen LogP contribution is -2.52. The van der Waals surface area contributed by atoms with Crippen LogP contribution in [0.3, 0.4) is 0 Å². The summed E-state index contributed by atoms with van der Waals surface area (Å²) in [5.41, 5.74) is 0.789. The van der Waals surface area contributed by atoms with E-state index in [9.17, 15) is 9.90 Å². The predicted octanol–water partition coefficient (Wildman–Crippen LogP) is 2.25. The Morgan fingerprint density at radius 3 is 2.58 bits per heavy atom. The maximum absolute atomic E-state index is 13.1. The summed E-state index contributed by atoms with van der Waals surface area (Å²) in [6.07, 6.45) is 2.71. The van der Waals surface area contributed by atoms with E-state index in [1.54, 1.807) is 13.2 Å². The van der Waals surface area contributed by atoms with Gasteiger partial charge in [0.2, 0.25) is 5.88 Å². The standard InChI is InChI=1S/C23H37N3O5/c1-5-23(6-2,15-30-7-3)25-21(28)19-8-9-20(26-11-18(12-26)29-4)22(24-19)31-14-17-10-16(17)13-27/h8-9,16-18,27H,5-7,10-15H2,1-4H3,(H,25,28)/t16-,17-/m1/s1. The van der Waals surface area contributed by atoms with E-state index in [2.05, 4.69) is 29.0 Å². The lowest BCUT2D eigenvalue weighted by atomic mass is 9.93. The Morgan fingerprint density at radius 1 is 1.26 bits per heavy atom. The first-order chi connectivity index (χ1) is 15.0. The summed E-state index contributed by atoms with van der Waals surface area (Å²) in [6.45, 7) is 9.36. The van der Waals surface area contributed by atoms with E-state index in [0.29, 0.717) is 43.2 Å². The number of pyridine rings is 1. The number of amides is 1. The van der Waals surface area contributed by atoms with Gasteiger partial charge in [-0.3, -0.25) is 4.79 Å². The highest BCUT2D eigenvalue weighted by Gasteiger charge is 2.38. The van der Waals surface area contributed by atoms with Crippen LogP contribution in [0.15, 0.2) is 12.1 Å². The van der Waals surface area contributed by atoms with Crippen LogP contribution in [0.5, 0.6) is 5.88 Å². The zero-order chi connectivity index (χ0) is 22.4. The molecule has 1 saturated heterocycles. The molecule has 3 rings (SSSR count). The summed E-state index contributed by atoms with van der Waals surface area (Å²) in [6, 6.07) is 3.66. The normalized spacial score (nSPS) is 21.0. The molecule has 0 bridgehead atoms. The molecule has 1 aromatic rings. The number of aromatic nitrogens is 1. The third-order valence-corrected chi connectivity index (χ3v) is 6.65. The summed E-state index contributed by atoms with van der Waals surface area (Å²) < 4.78 is 17.1. The summed E-state index contributed by atoms with van der Waals surface area (Å²) >= 11 is 0. The SMILES string of the molecule is CCOCC(CC)(CC)NC(=O)c1ccc(N2CC(OC)C2)c(OC[C@H]2C[C@@H]2CO)n1. The average molecular weight is 436 g/mol. The lowest BCUT2D eigenvalue weighted by molar-refractivity contribution is 0.0593. The molecular weight excluding hydrogens is 398 g/mol. The van der Waals surface area contributed by atoms with E-state index in [-0.39, 0.29) is 18.6 Å². The molecule has 1 aliphatic carbocycles. The number of hydrogen-bond donors (Lipinski definition) is 2. The molecule has 0 spiro atoms. The number of nitrogens with zero attached hydrogens (tertiary/aromatic N) is 2. The molecular formula is C23H37N3O5. The van der Waals surface area contributed by atoms with Gasteiger partial charge in [0.15, 0.2) is 0 Å². The first-order valence-corrected chi connectivity index (χ1v) is 11.4. The van der Waals surface area contributed by atoms with Crippen molar-refractivity contribution in [3.8, 4) is 5.88 Å². The zero-order valence-electron chi connectivity index (χ0n) is 19.2. The number of carbonyl (C=O) groups is 1. The highest BCUT2D eigenvalue weighted by atomic mass is 16.5. The molecule has 8 nitrogen and oxygen atoms in total. The predicted molar refractivity (Wildman–Crippen MR) is 119 cm³/mol. The third kappa shape index (κ3) is 5.67. The van der Waals surface area contributed by atoms with Gasteiger partial charge in [0, 0.05) is 33.4 Å². The molecule has 0 radical (unpaired) electrons. The Hall–Kier alpha value is -1.90. The lowest BCUT2D eigenvalue weighted by Gasteiger charge is -2.40. The number of carbonyl (C=O) groups excluding carboxylic acids is 1. The molecule has 174 valence electrons. The van der Waals surface area contributed by atoms with E-state index in [4.69, 9.17) is 14.2 Å². The number of nitrogens with one attached hydrogen (secondary N) is 1. The molecule has 2 heterocycles. The van der Waals surface area contributed by atoms with Crippen LogP contribution in [-0.2, 0) is 9.47 Å². The second-order valence-corrected chi connectivity index (χ2v) is 8.61. The largest absolute Gasteiger partial charge is 0.476 e. The molecule has 2 aliphatic rings. The van der Waals surface area contributed by atoms with Gasteiger partial charge in [0.05, 0.1) is 24.9 Å². The van der Waals surface area contributed by atoms with E-state index >= 15 is 0 Å². The fourth-order valence-corrected chi connectivity index (χ4v) is 3.88. The first kappa shape index (κ1) is 23.8. The van der Waals surface area contributed by atoms with Crippen LogP contribution in [0.2, 0.25) is 0 Å². The van der Waals surface area contributed by atoms with Gasteiger partial charge in [0.1, 0.15) is 11.4 Å². The van der Waals surface area contributed by atoms with Crippen LogP contribution in [0, 0.1) is 11.8 Å². The Kier molecular flexibility index (Phi) is 8.13. The van der Waals surface area contributed by atoms with Crippen molar-refractivity contribution in [2.45, 2.75) is 51.7 Å². The van der Waals surface area contributed by atoms with Gasteiger partial charge in [-0.15, -0.1) is 0 Å². The molecule has 8 heteroatoms. The number of anilines is 1. The number of aliphatic hydroxyl groups is 1. The number of methoxy groups -OCH3 is 1. The van der Waals surface area contributed by atoms with Crippen molar-refractivity contribution in [1.82, 2.24) is 10.3 Å². The summed E-state index contributed by atoms with van der Waals surface area (Å²) in [7, 11) is 1.71. The van der Waals surface area contributed by atoms with Crippen LogP contribution >= 0.6 is 0 Å². The van der Waals surface area contributed by atoms with Crippen molar-refractivity contribution in [1.29, 1.82) is 0 Å². The summed E-state index contributed by atoms with van der Waals surface area (Å²) in [5, 5.41) is 12.4. The van der Waals surface area contributed by atoms with Crippen LogP contribution in [-0.4, -0.2) is 74.3 Å². The van der Waals surface area contributed by atoms with Crippen molar-refractivity contribution in [3.63, 3.8) is 0 Å². The molecule has 31 heavy (non-hydrogen) atoms. The number of rotatable bonds is 13. The minimum absolute atomic E-state index is 0.189. The Morgan fingerprint density at radius 2 is 2.00 bits per heavy atom. The zero-order valence-corrected chi connectivity index (χ0v) is 19.2. The van der Waals surface area contributed by atoms with Crippen molar-refractivity contribution in [2.75, 3.05) is 51.5 Å². The van der Waals surface area contributed by atoms with Gasteiger partial charge in [-0.1, -0.05) is 13.8 Å². The number of hydrogen-bond acceptors (Lipinski definition) is 7. The average Bonchev–Trinajstić information content (AvgIpc) is 3.53. The minimum atomic E-state index is -0.417. The maximum atomic E-state index is 13.1. The van der Waals surface area contributed by atoms with Gasteiger partial charge in [-0.25, -0.2) is 4.98 Å². The van der Waals surface area contributed by atoms with Gasteiger partial charge in [-0.2, -0.15) is 0 Å². The molecule has 0 aromatic carbocycles. The highest BCUT2D eigenvalue weighted by molar-refractivity contribution is 5.93. The fraction of sp³-hybridized carbons (Fsp3) is 0.739. The van der Waals surface area contributed by atoms with Gasteiger partial charge < -0.3 is 29.5 Å². The minimum Gasteiger partial charge on any atom is -0.476 e. The van der Waals surface area contributed by atoms with E-state index in [0.717, 1.165) is 38.0 Å². The number of ether oxygens (including phenoxy) is 3. The van der Waals surface area contributed by atoms with Crippen molar-refractivity contribution >= 4 is 11.6 Å². The molecule has 2 fully saturated rings. The van der Waals surface area contributed by atoms with Crippen molar-refractivity contribution in [2.24, 2.45) is 11.8 Å². The topological polar surface area (TPSA) is 93.2 Å². The van der Waals surface area contributed by atoms with Crippen LogP contribution in [0.4, 0.5) is 5.69 Å². The molecule has 1 aliphatic heterocycles. The molecule has 0 unspecified atom stereocenters. The Bertz CT molecular complexity index is 734. The smallest absolute Gasteiger partial charge is 0.270 e. The third-order valence-electron chi connectivity index (χ3n) is 6.65. The second-order valence-electron chi connectivity index (χ2n) is 8.61. The fourth-order valence-electron chi connectivity index (χ4n) is 3.88. The quantitative estimate of drug-likeness (QED) is 0.491. The van der Waals surface area contributed by atoms with Crippen LogP contribution in [0.1, 0.15) is 50.5 Å². The van der Waals surface area contributed by atoms with E-state index in [1.807, 2.05) is 13.0 Å². The van der Waals surface area contributed by atoms with Gasteiger partial charge in [-0.05, 0) is 50.2 Å². The van der Waals surface area contributed by atoms with Crippen molar-refractivity contribution < 1.29 is 24.1 Å². The molecule has 1 amide bonds. The first-order valence-electron chi connectivity index (χ1n) is 11.4. The Labute approximate surface area is 185 Å². The second kappa shape index (κ2) is 10.6. The van der Waals surface area contributed by atoms with Crippen LogP contribution in [0.25, 0.3) is 0 Å². The van der Waals surface area contributed by atoms with E-state index in [1.165, 1.54) is 0 Å². The molecule has 1 saturated carbocycles. The van der Waals surface area contributed by atoms with Crippen molar-refractivity contribution in [3.05, 3.63) is 17.8 Å². The molecule has 2 atom stereocenters. The maximum Gasteiger partial charge on any atom is 0.270 e. The monoisotopic (exact) mass is 435 g/mol. The van der Waals surface area contributed by atoms with E-state index < -0.39 is 5.54 Å². The van der Waals surface area contributed by atoms with Gasteiger partial charge >= 0.3 is 0 Å². The van der Waals surface area contributed by atoms with Gasteiger partial charge in [0.25, 0.3) is 5.91 Å². The molecule has 2 N–H and O–H groups in total.